The van der Waals surface area contributed by atoms with Crippen LogP contribution in [0.4, 0.5) is 0 Å². The fourth-order valence-corrected chi connectivity index (χ4v) is 4.97. The van der Waals surface area contributed by atoms with E-state index in [1.165, 1.54) is 30.6 Å². The molecule has 0 spiro atoms. The zero-order valence-electron chi connectivity index (χ0n) is 13.8. The Balaban J connectivity index is 2.43. The fourth-order valence-electron chi connectivity index (χ4n) is 3.96. The van der Waals surface area contributed by atoms with Crippen LogP contribution in [0.2, 0.25) is 19.6 Å². The molecule has 0 aliphatic heterocycles. The average Bonchev–Trinajstić information content (AvgIpc) is 2.21. The van der Waals surface area contributed by atoms with Crippen molar-refractivity contribution >= 4 is 8.32 Å². The zero-order valence-corrected chi connectivity index (χ0v) is 14.8. The Kier molecular flexibility index (Phi) is 3.54. The minimum atomic E-state index is -1.54. The molecule has 1 fully saturated rings. The van der Waals surface area contributed by atoms with Crippen molar-refractivity contribution in [3.8, 4) is 0 Å². The summed E-state index contributed by atoms with van der Waals surface area (Å²) >= 11 is 0. The van der Waals surface area contributed by atoms with Crippen molar-refractivity contribution < 1.29 is 4.43 Å². The van der Waals surface area contributed by atoms with Gasteiger partial charge in [0.05, 0.1) is 5.76 Å². The molecule has 0 bridgehead atoms. The standard InChI is InChI=1S/C17H30OSi/c1-13-9-10-14-16(2,3)11-8-12-17(14,4)15(13)18-19(5,6)7/h10H,8-9,11-12H2,1-7H3/t17-/m0/s1. The lowest BCUT2D eigenvalue weighted by atomic mass is 9.57. The number of allylic oxidation sites excluding steroid dienone is 3. The van der Waals surface area contributed by atoms with Crippen molar-refractivity contribution in [2.45, 2.75) is 73.0 Å². The molecule has 108 valence electrons. The maximum absolute atomic E-state index is 6.53. The van der Waals surface area contributed by atoms with Crippen molar-refractivity contribution in [1.82, 2.24) is 0 Å². The average molecular weight is 279 g/mol. The van der Waals surface area contributed by atoms with E-state index in [0.29, 0.717) is 5.41 Å². The molecule has 0 aromatic carbocycles. The van der Waals surface area contributed by atoms with Crippen molar-refractivity contribution in [3.05, 3.63) is 23.0 Å². The van der Waals surface area contributed by atoms with Crippen molar-refractivity contribution in [3.63, 3.8) is 0 Å². The van der Waals surface area contributed by atoms with Crippen LogP contribution in [0.1, 0.15) is 53.4 Å². The van der Waals surface area contributed by atoms with Gasteiger partial charge in [-0.1, -0.05) is 31.9 Å². The van der Waals surface area contributed by atoms with Gasteiger partial charge in [0, 0.05) is 5.41 Å². The first-order valence-electron chi connectivity index (χ1n) is 7.67. The first-order chi connectivity index (χ1) is 8.56. The van der Waals surface area contributed by atoms with Crippen molar-refractivity contribution in [1.29, 1.82) is 0 Å². The van der Waals surface area contributed by atoms with Crippen LogP contribution in [0, 0.1) is 10.8 Å². The molecule has 2 rings (SSSR count). The number of fused-ring (bicyclic) bond motifs is 1. The normalized spacial score (nSPS) is 30.8. The molecule has 2 aliphatic rings. The van der Waals surface area contributed by atoms with Gasteiger partial charge in [0.25, 0.3) is 0 Å². The second kappa shape index (κ2) is 4.51. The molecule has 0 N–H and O–H groups in total. The maximum Gasteiger partial charge on any atom is 0.241 e. The van der Waals surface area contributed by atoms with Gasteiger partial charge in [-0.05, 0) is 63.7 Å². The highest BCUT2D eigenvalue weighted by Crippen LogP contribution is 2.57. The Hall–Kier alpha value is -0.503. The third-order valence-electron chi connectivity index (χ3n) is 4.71. The second-order valence-electron chi connectivity index (χ2n) is 8.22. The Morgan fingerprint density at radius 2 is 1.74 bits per heavy atom. The van der Waals surface area contributed by atoms with Crippen LogP contribution in [0.5, 0.6) is 0 Å². The lowest BCUT2D eigenvalue weighted by Crippen LogP contribution is -2.41. The highest BCUT2D eigenvalue weighted by Gasteiger charge is 2.47. The van der Waals surface area contributed by atoms with E-state index in [1.54, 1.807) is 5.57 Å². The number of hydrogen-bond acceptors (Lipinski definition) is 1. The van der Waals surface area contributed by atoms with Crippen LogP contribution in [-0.4, -0.2) is 8.32 Å². The van der Waals surface area contributed by atoms with E-state index in [1.807, 2.05) is 0 Å². The second-order valence-corrected chi connectivity index (χ2v) is 12.6. The van der Waals surface area contributed by atoms with E-state index >= 15 is 0 Å². The summed E-state index contributed by atoms with van der Waals surface area (Å²) in [5.74, 6) is 1.32. The van der Waals surface area contributed by atoms with E-state index < -0.39 is 8.32 Å². The van der Waals surface area contributed by atoms with Gasteiger partial charge < -0.3 is 4.43 Å². The van der Waals surface area contributed by atoms with Crippen molar-refractivity contribution in [2.75, 3.05) is 0 Å². The van der Waals surface area contributed by atoms with Crippen LogP contribution in [-0.2, 0) is 4.43 Å². The highest BCUT2D eigenvalue weighted by molar-refractivity contribution is 6.70. The fraction of sp³-hybridized carbons (Fsp3) is 0.765. The largest absolute Gasteiger partial charge is 0.547 e. The Labute approximate surface area is 120 Å². The van der Waals surface area contributed by atoms with E-state index in [2.05, 4.69) is 53.4 Å². The maximum atomic E-state index is 6.53. The molecule has 1 atom stereocenters. The minimum Gasteiger partial charge on any atom is -0.547 e. The molecule has 0 aromatic heterocycles. The summed E-state index contributed by atoms with van der Waals surface area (Å²) in [6.07, 6.45) is 7.44. The summed E-state index contributed by atoms with van der Waals surface area (Å²) in [5.41, 5.74) is 3.57. The van der Waals surface area contributed by atoms with Gasteiger partial charge in [-0.15, -0.1) is 0 Å². The summed E-state index contributed by atoms with van der Waals surface area (Å²) in [4.78, 5) is 0. The molecule has 1 nitrogen and oxygen atoms in total. The molecule has 2 heteroatoms. The molecule has 2 aliphatic carbocycles. The molecule has 0 radical (unpaired) electrons. The van der Waals surface area contributed by atoms with Gasteiger partial charge in [0.2, 0.25) is 8.32 Å². The lowest BCUT2D eigenvalue weighted by Gasteiger charge is -2.50. The van der Waals surface area contributed by atoms with E-state index in [4.69, 9.17) is 4.43 Å². The van der Waals surface area contributed by atoms with Gasteiger partial charge >= 0.3 is 0 Å². The Bertz CT molecular complexity index is 437. The monoisotopic (exact) mass is 278 g/mol. The van der Waals surface area contributed by atoms with Crippen LogP contribution >= 0.6 is 0 Å². The van der Waals surface area contributed by atoms with E-state index in [9.17, 15) is 0 Å². The summed E-state index contributed by atoms with van der Waals surface area (Å²) < 4.78 is 6.53. The van der Waals surface area contributed by atoms with Crippen LogP contribution in [0.3, 0.4) is 0 Å². The third-order valence-corrected chi connectivity index (χ3v) is 5.53. The quantitative estimate of drug-likeness (QED) is 0.468. The predicted octanol–water partition coefficient (Wildman–Crippen LogP) is 5.66. The van der Waals surface area contributed by atoms with Crippen LogP contribution in [0.15, 0.2) is 23.0 Å². The summed E-state index contributed by atoms with van der Waals surface area (Å²) in [7, 11) is -1.54. The highest BCUT2D eigenvalue weighted by atomic mass is 28.4. The van der Waals surface area contributed by atoms with Crippen LogP contribution in [0.25, 0.3) is 0 Å². The van der Waals surface area contributed by atoms with Gasteiger partial charge in [0.15, 0.2) is 0 Å². The molecule has 1 saturated carbocycles. The zero-order chi connectivity index (χ0) is 14.5. The molecular formula is C17H30OSi. The van der Waals surface area contributed by atoms with Gasteiger partial charge in [0.1, 0.15) is 0 Å². The lowest BCUT2D eigenvalue weighted by molar-refractivity contribution is 0.169. The number of rotatable bonds is 2. The summed E-state index contributed by atoms with van der Waals surface area (Å²) in [6.45, 7) is 16.4. The molecule has 0 aromatic rings. The minimum absolute atomic E-state index is 0.157. The van der Waals surface area contributed by atoms with Gasteiger partial charge in [-0.3, -0.25) is 0 Å². The molecular weight excluding hydrogens is 248 g/mol. The summed E-state index contributed by atoms with van der Waals surface area (Å²) in [5, 5.41) is 0. The topological polar surface area (TPSA) is 9.23 Å². The van der Waals surface area contributed by atoms with E-state index in [-0.39, 0.29) is 5.41 Å². The molecule has 19 heavy (non-hydrogen) atoms. The smallest absolute Gasteiger partial charge is 0.241 e. The molecule has 0 unspecified atom stereocenters. The SMILES string of the molecule is CC1=C(O[Si](C)(C)C)[C@@]2(C)CCCC(C)(C)C2=CC1. The van der Waals surface area contributed by atoms with Crippen LogP contribution < -0.4 is 0 Å². The first kappa shape index (κ1) is 14.9. The summed E-state index contributed by atoms with van der Waals surface area (Å²) in [6, 6.07) is 0. The Morgan fingerprint density at radius 3 is 2.32 bits per heavy atom. The molecule has 0 amide bonds. The predicted molar refractivity (Wildman–Crippen MR) is 85.6 cm³/mol. The van der Waals surface area contributed by atoms with E-state index in [0.717, 1.165) is 6.42 Å². The first-order valence-corrected chi connectivity index (χ1v) is 11.1. The molecule has 0 heterocycles. The molecule has 0 saturated heterocycles. The van der Waals surface area contributed by atoms with Gasteiger partial charge in [-0.25, -0.2) is 0 Å². The van der Waals surface area contributed by atoms with Crippen molar-refractivity contribution in [2.24, 2.45) is 10.8 Å². The number of hydrogen-bond donors (Lipinski definition) is 0. The van der Waals surface area contributed by atoms with Gasteiger partial charge in [-0.2, -0.15) is 0 Å². The Morgan fingerprint density at radius 1 is 1.11 bits per heavy atom. The third kappa shape index (κ3) is 2.69.